The second-order valence-corrected chi connectivity index (χ2v) is 7.54. The largest absolute Gasteiger partial charge is 0.378 e. The lowest BCUT2D eigenvalue weighted by molar-refractivity contribution is 0.0303. The van der Waals surface area contributed by atoms with Crippen LogP contribution in [0.25, 0.3) is 16.9 Å². The van der Waals surface area contributed by atoms with E-state index in [1.54, 1.807) is 16.9 Å². The van der Waals surface area contributed by atoms with Crippen LogP contribution in [0.5, 0.6) is 0 Å². The lowest BCUT2D eigenvalue weighted by Crippen LogP contribution is -2.40. The van der Waals surface area contributed by atoms with Gasteiger partial charge in [0.15, 0.2) is 5.65 Å². The van der Waals surface area contributed by atoms with Crippen LogP contribution in [0.2, 0.25) is 0 Å². The molecule has 0 bridgehead atoms. The Bertz CT molecular complexity index is 1360. The van der Waals surface area contributed by atoms with Gasteiger partial charge in [0.25, 0.3) is 5.91 Å². The molecular formula is C25H22N6O2. The molecule has 8 nitrogen and oxygen atoms in total. The fraction of sp³-hybridized carbons (Fsp3) is 0.200. The fourth-order valence-corrected chi connectivity index (χ4v) is 3.63. The minimum absolute atomic E-state index is 0.0259. The summed E-state index contributed by atoms with van der Waals surface area (Å²) in [6.45, 7) is 2.42. The smallest absolute Gasteiger partial charge is 0.254 e. The van der Waals surface area contributed by atoms with E-state index in [1.807, 2.05) is 60.5 Å². The molecule has 0 saturated carbocycles. The Morgan fingerprint density at radius 3 is 2.64 bits per heavy atom. The lowest BCUT2D eigenvalue weighted by atomic mass is 10.1. The van der Waals surface area contributed by atoms with Crippen molar-refractivity contribution in [2.24, 2.45) is 0 Å². The van der Waals surface area contributed by atoms with Gasteiger partial charge in [-0.05, 0) is 42.3 Å². The number of aromatic nitrogens is 4. The zero-order chi connectivity index (χ0) is 22.6. The third kappa shape index (κ3) is 4.40. The number of carbonyl (C=O) groups is 1. The van der Waals surface area contributed by atoms with E-state index in [4.69, 9.17) is 9.84 Å². The fourth-order valence-electron chi connectivity index (χ4n) is 3.63. The van der Waals surface area contributed by atoms with Crippen molar-refractivity contribution >= 4 is 17.4 Å². The summed E-state index contributed by atoms with van der Waals surface area (Å²) >= 11 is 0. The van der Waals surface area contributed by atoms with Crippen LogP contribution < -0.4 is 5.32 Å². The van der Waals surface area contributed by atoms with Gasteiger partial charge in [-0.3, -0.25) is 4.79 Å². The minimum Gasteiger partial charge on any atom is -0.378 e. The molecule has 0 unspecified atom stereocenters. The molecule has 164 valence electrons. The van der Waals surface area contributed by atoms with Gasteiger partial charge in [0.1, 0.15) is 11.5 Å². The van der Waals surface area contributed by atoms with E-state index in [0.29, 0.717) is 43.2 Å². The van der Waals surface area contributed by atoms with E-state index in [1.165, 1.54) is 0 Å². The average molecular weight is 438 g/mol. The quantitative estimate of drug-likeness (QED) is 0.495. The van der Waals surface area contributed by atoms with Gasteiger partial charge in [-0.25, -0.2) is 14.5 Å². The summed E-state index contributed by atoms with van der Waals surface area (Å²) in [7, 11) is 1.82. The molecule has 4 aromatic rings. The molecule has 4 heterocycles. The van der Waals surface area contributed by atoms with Crippen LogP contribution in [-0.2, 0) is 4.74 Å². The van der Waals surface area contributed by atoms with Crippen molar-refractivity contribution in [1.82, 2.24) is 24.5 Å². The predicted molar refractivity (Wildman–Crippen MR) is 125 cm³/mol. The third-order valence-corrected chi connectivity index (χ3v) is 5.44. The number of nitrogens with zero attached hydrogens (tertiary/aromatic N) is 5. The zero-order valence-corrected chi connectivity index (χ0v) is 18.2. The SMILES string of the molecule is CNc1cc(C#Cc2cnc3ccc(-c4ccc(C(=O)N5CCOCC5)cc4)nn23)ccn1. The van der Waals surface area contributed by atoms with Gasteiger partial charge < -0.3 is 15.0 Å². The summed E-state index contributed by atoms with van der Waals surface area (Å²) in [6.07, 6.45) is 3.43. The Morgan fingerprint density at radius 2 is 1.85 bits per heavy atom. The predicted octanol–water partition coefficient (Wildman–Crippen LogP) is 2.71. The highest BCUT2D eigenvalue weighted by molar-refractivity contribution is 5.94. The average Bonchev–Trinajstić information content (AvgIpc) is 3.30. The zero-order valence-electron chi connectivity index (χ0n) is 18.2. The van der Waals surface area contributed by atoms with Gasteiger partial charge in [-0.1, -0.05) is 18.1 Å². The summed E-state index contributed by atoms with van der Waals surface area (Å²) in [6, 6.07) is 15.1. The third-order valence-electron chi connectivity index (χ3n) is 5.44. The maximum atomic E-state index is 12.7. The first kappa shape index (κ1) is 20.7. The molecule has 0 spiro atoms. The van der Waals surface area contributed by atoms with Crippen molar-refractivity contribution in [3.05, 3.63) is 77.7 Å². The Morgan fingerprint density at radius 1 is 1.03 bits per heavy atom. The Labute approximate surface area is 191 Å². The van der Waals surface area contributed by atoms with Gasteiger partial charge in [0.2, 0.25) is 0 Å². The van der Waals surface area contributed by atoms with Crippen molar-refractivity contribution in [2.45, 2.75) is 0 Å². The number of ether oxygens (including phenoxy) is 1. The van der Waals surface area contributed by atoms with Gasteiger partial charge >= 0.3 is 0 Å². The highest BCUT2D eigenvalue weighted by atomic mass is 16.5. The lowest BCUT2D eigenvalue weighted by Gasteiger charge is -2.26. The maximum Gasteiger partial charge on any atom is 0.254 e. The van der Waals surface area contributed by atoms with Crippen molar-refractivity contribution in [2.75, 3.05) is 38.7 Å². The number of anilines is 1. The number of hydrogen-bond acceptors (Lipinski definition) is 6. The molecule has 1 N–H and O–H groups in total. The molecule has 0 atom stereocenters. The Hall–Kier alpha value is -4.22. The summed E-state index contributed by atoms with van der Waals surface area (Å²) in [5.74, 6) is 7.07. The summed E-state index contributed by atoms with van der Waals surface area (Å²) in [5, 5.41) is 7.74. The Kier molecular flexibility index (Phi) is 5.70. The molecule has 1 aliphatic heterocycles. The Balaban J connectivity index is 1.40. The molecule has 1 aromatic carbocycles. The second kappa shape index (κ2) is 9.10. The minimum atomic E-state index is 0.0259. The highest BCUT2D eigenvalue weighted by Gasteiger charge is 2.18. The van der Waals surface area contributed by atoms with Crippen LogP contribution >= 0.6 is 0 Å². The van der Waals surface area contributed by atoms with E-state index in [9.17, 15) is 4.79 Å². The molecule has 1 saturated heterocycles. The first-order chi connectivity index (χ1) is 16.2. The monoisotopic (exact) mass is 438 g/mol. The van der Waals surface area contributed by atoms with Crippen LogP contribution in [0.3, 0.4) is 0 Å². The highest BCUT2D eigenvalue weighted by Crippen LogP contribution is 2.19. The second-order valence-electron chi connectivity index (χ2n) is 7.54. The number of fused-ring (bicyclic) bond motifs is 1. The molecule has 0 radical (unpaired) electrons. The van der Waals surface area contributed by atoms with Crippen LogP contribution in [0.15, 0.2) is 60.9 Å². The van der Waals surface area contributed by atoms with E-state index < -0.39 is 0 Å². The molecular weight excluding hydrogens is 416 g/mol. The molecule has 8 heteroatoms. The number of rotatable bonds is 3. The normalized spacial score (nSPS) is 13.4. The van der Waals surface area contributed by atoms with E-state index in [0.717, 1.165) is 22.6 Å². The van der Waals surface area contributed by atoms with Crippen LogP contribution in [0.4, 0.5) is 5.82 Å². The van der Waals surface area contributed by atoms with Crippen LogP contribution in [0, 0.1) is 11.8 Å². The maximum absolute atomic E-state index is 12.7. The molecule has 0 aliphatic carbocycles. The number of morpholine rings is 1. The summed E-state index contributed by atoms with van der Waals surface area (Å²) < 4.78 is 7.06. The summed E-state index contributed by atoms with van der Waals surface area (Å²) in [5.41, 5.74) is 4.60. The number of imidazole rings is 1. The number of hydrogen-bond donors (Lipinski definition) is 1. The number of amides is 1. The molecule has 1 fully saturated rings. The molecule has 5 rings (SSSR count). The number of nitrogens with one attached hydrogen (secondary N) is 1. The summed E-state index contributed by atoms with van der Waals surface area (Å²) in [4.78, 5) is 23.1. The van der Waals surface area contributed by atoms with Gasteiger partial charge in [-0.15, -0.1) is 0 Å². The standard InChI is InChI=1S/C25H22N6O2/c1-26-23-16-18(10-11-27-23)2-7-21-17-28-24-9-8-22(29-31(21)24)19-3-5-20(6-4-19)25(32)30-12-14-33-15-13-30/h3-6,8-11,16-17H,12-15H2,1H3,(H,26,27). The van der Waals surface area contributed by atoms with E-state index in [2.05, 4.69) is 27.1 Å². The number of benzene rings is 1. The van der Waals surface area contributed by atoms with Gasteiger partial charge in [0, 0.05) is 43.0 Å². The molecule has 1 aliphatic rings. The van der Waals surface area contributed by atoms with Crippen molar-refractivity contribution in [3.63, 3.8) is 0 Å². The van der Waals surface area contributed by atoms with Crippen LogP contribution in [0.1, 0.15) is 21.6 Å². The topological polar surface area (TPSA) is 84.7 Å². The van der Waals surface area contributed by atoms with Crippen molar-refractivity contribution < 1.29 is 9.53 Å². The first-order valence-corrected chi connectivity index (χ1v) is 10.7. The van der Waals surface area contributed by atoms with Gasteiger partial charge in [0.05, 0.1) is 25.1 Å². The van der Waals surface area contributed by atoms with Crippen molar-refractivity contribution in [1.29, 1.82) is 0 Å². The molecule has 3 aromatic heterocycles. The molecule has 33 heavy (non-hydrogen) atoms. The van der Waals surface area contributed by atoms with E-state index >= 15 is 0 Å². The number of carbonyl (C=O) groups excluding carboxylic acids is 1. The number of pyridine rings is 1. The first-order valence-electron chi connectivity index (χ1n) is 10.7. The van der Waals surface area contributed by atoms with E-state index in [-0.39, 0.29) is 5.91 Å². The van der Waals surface area contributed by atoms with Gasteiger partial charge in [-0.2, -0.15) is 5.10 Å². The van der Waals surface area contributed by atoms with Crippen LogP contribution in [-0.4, -0.2) is 63.7 Å². The van der Waals surface area contributed by atoms with Crippen molar-refractivity contribution in [3.8, 4) is 23.1 Å². The molecule has 1 amide bonds.